The molecule has 0 rings (SSSR count). The van der Waals surface area contributed by atoms with Crippen LogP contribution in [0.3, 0.4) is 0 Å². The molecule has 0 heterocycles. The van der Waals surface area contributed by atoms with Gasteiger partial charge >= 0.3 is 63.8 Å². The first-order chi connectivity index (χ1) is 2.45. The molecule has 0 aromatic carbocycles. The predicted molar refractivity (Wildman–Crippen MR) is 38.7 cm³/mol. The van der Waals surface area contributed by atoms with Crippen LogP contribution in [-0.4, -0.2) is 5.48 Å². The van der Waals surface area contributed by atoms with Crippen LogP contribution in [0.2, 0.25) is 0 Å². The van der Waals surface area contributed by atoms with Crippen LogP contribution in [0.15, 0.2) is 0 Å². The first kappa shape index (κ1) is 13.0. The summed E-state index contributed by atoms with van der Waals surface area (Å²) in [6, 6.07) is 0. The van der Waals surface area contributed by atoms with Gasteiger partial charge in [-0.25, -0.2) is 0 Å². The molecule has 0 aliphatic heterocycles. The molecule has 0 spiro atoms. The Morgan fingerprint density at radius 3 is 0.625 bits per heavy atom. The van der Waals surface area contributed by atoms with Gasteiger partial charge in [0.1, 0.15) is 0 Å². The van der Waals surface area contributed by atoms with Crippen molar-refractivity contribution in [2.75, 3.05) is 0 Å². The third kappa shape index (κ3) is 80.3. The van der Waals surface area contributed by atoms with Gasteiger partial charge < -0.3 is 5.48 Å². The maximum absolute atomic E-state index is 5.47. The number of rotatable bonds is 0. The zero-order valence-electron chi connectivity index (χ0n) is 3.18. The van der Waals surface area contributed by atoms with E-state index in [9.17, 15) is 0 Å². The van der Waals surface area contributed by atoms with E-state index in [1.807, 2.05) is 0 Å². The van der Waals surface area contributed by atoms with Gasteiger partial charge in [0.2, 0.25) is 0 Å². The zero-order valence-corrected chi connectivity index (χ0v) is 10.6. The van der Waals surface area contributed by atoms with Crippen LogP contribution in [0.1, 0.15) is 0 Å². The van der Waals surface area contributed by atoms with E-state index in [-0.39, 0.29) is 5.48 Å². The van der Waals surface area contributed by atoms with E-state index < -0.39 is 7.31 Å². The molecule has 0 amide bonds. The van der Waals surface area contributed by atoms with Gasteiger partial charge in [0.05, 0.1) is 0 Å². The van der Waals surface area contributed by atoms with E-state index in [1.165, 1.54) is 0 Å². The van der Waals surface area contributed by atoms with Crippen LogP contribution in [0.5, 0.6) is 0 Å². The summed E-state index contributed by atoms with van der Waals surface area (Å²) in [6.07, 6.45) is 0. The molecule has 2 N–H and O–H groups in total. The molecule has 0 saturated carbocycles. The molecule has 0 radical (unpaired) electrons. The summed E-state index contributed by atoms with van der Waals surface area (Å²) in [4.78, 5) is 0. The molecule has 0 aromatic rings. The van der Waals surface area contributed by atoms with Crippen molar-refractivity contribution in [3.8, 4) is 0 Å². The summed E-state index contributed by atoms with van der Waals surface area (Å²) in [5.41, 5.74) is 0. The summed E-state index contributed by atoms with van der Waals surface area (Å²) in [7, 11) is 24.9. The third-order valence-corrected chi connectivity index (χ3v) is 0. The van der Waals surface area contributed by atoms with Crippen LogP contribution >= 0.6 is 56.5 Å². The average molecular weight is 415 g/mol. The maximum atomic E-state index is 5.07. The zero-order chi connectivity index (χ0) is 6.41. The molecule has 0 fully saturated rings. The number of hydrogen-bond donors (Lipinski definition) is 0. The molecule has 0 saturated heterocycles. The van der Waals surface area contributed by atoms with Gasteiger partial charge in [0.25, 0.3) is 0 Å². The van der Waals surface area contributed by atoms with Crippen molar-refractivity contribution in [2.24, 2.45) is 0 Å². The molecular formula is H2Cl6OW. The monoisotopic (exact) mass is 412 g/mol. The summed E-state index contributed by atoms with van der Waals surface area (Å²) in [6.45, 7) is 0. The Labute approximate surface area is 68.5 Å². The summed E-state index contributed by atoms with van der Waals surface area (Å²) in [5, 5.41) is 0. The van der Waals surface area contributed by atoms with E-state index in [0.29, 0.717) is 0 Å². The minimum atomic E-state index is -5.47. The SMILES string of the molecule is O.[Cl][W]([Cl])([Cl])([Cl])([Cl])[Cl]. The average Bonchev–Trinajstić information content (AvgIpc) is 0.592. The second-order valence-corrected chi connectivity index (χ2v) is 64.4. The van der Waals surface area contributed by atoms with Gasteiger partial charge in [-0.05, 0) is 0 Å². The van der Waals surface area contributed by atoms with Gasteiger partial charge in [0.15, 0.2) is 0 Å². The van der Waals surface area contributed by atoms with Gasteiger partial charge in [-0.15, -0.1) is 0 Å². The molecule has 0 atom stereocenters. The van der Waals surface area contributed by atoms with Gasteiger partial charge in [0, 0.05) is 0 Å². The Morgan fingerprint density at radius 1 is 0.625 bits per heavy atom. The van der Waals surface area contributed by atoms with E-state index in [2.05, 4.69) is 0 Å². The van der Waals surface area contributed by atoms with Gasteiger partial charge in [-0.2, -0.15) is 0 Å². The van der Waals surface area contributed by atoms with Crippen LogP contribution < -0.4 is 0 Å². The third-order valence-electron chi connectivity index (χ3n) is 0. The van der Waals surface area contributed by atoms with E-state index in [1.54, 1.807) is 0 Å². The van der Waals surface area contributed by atoms with Crippen LogP contribution in [-0.2, 0) is 7.31 Å². The van der Waals surface area contributed by atoms with Crippen molar-refractivity contribution in [2.45, 2.75) is 0 Å². The predicted octanol–water partition coefficient (Wildman–Crippen LogP) is 3.31. The van der Waals surface area contributed by atoms with Crippen molar-refractivity contribution in [3.63, 3.8) is 0 Å². The Bertz CT molecular complexity index is 67.1. The van der Waals surface area contributed by atoms with Crippen molar-refractivity contribution in [1.29, 1.82) is 0 Å². The minimum absolute atomic E-state index is 0. The molecule has 8 heteroatoms. The van der Waals surface area contributed by atoms with E-state index in [4.69, 9.17) is 56.5 Å². The van der Waals surface area contributed by atoms with E-state index in [0.717, 1.165) is 0 Å². The van der Waals surface area contributed by atoms with Crippen molar-refractivity contribution >= 4 is 56.5 Å². The first-order valence-corrected chi connectivity index (χ1v) is 22.7. The fourth-order valence-corrected chi connectivity index (χ4v) is 0. The molecule has 1 nitrogen and oxygen atoms in total. The fourth-order valence-electron chi connectivity index (χ4n) is 0. The molecule has 0 aromatic heterocycles. The fraction of sp³-hybridized carbons (Fsp3) is 0. The standard InChI is InChI=1S/6ClH.H2O.W/h6*1H;1H2;/q;;;;;;;+6/p-6. The molecule has 0 unspecified atom stereocenters. The van der Waals surface area contributed by atoms with Crippen LogP contribution in [0.25, 0.3) is 0 Å². The van der Waals surface area contributed by atoms with Crippen molar-refractivity contribution in [1.82, 2.24) is 0 Å². The second kappa shape index (κ2) is 2.18. The normalized spacial score (nSPS) is 20.2. The van der Waals surface area contributed by atoms with Crippen LogP contribution in [0.4, 0.5) is 0 Å². The molecule has 8 heavy (non-hydrogen) atoms. The molecule has 0 aliphatic rings. The number of halogens is 6. The topological polar surface area (TPSA) is 31.5 Å². The number of hydrogen-bond acceptors (Lipinski definition) is 0. The summed E-state index contributed by atoms with van der Waals surface area (Å²) >= 11 is 0. The Morgan fingerprint density at radius 2 is 0.625 bits per heavy atom. The van der Waals surface area contributed by atoms with Gasteiger partial charge in [-0.3, -0.25) is 0 Å². The van der Waals surface area contributed by atoms with Crippen molar-refractivity contribution in [3.05, 3.63) is 0 Å². The Hall–Kier alpha value is 2.39. The Balaban J connectivity index is 0. The summed E-state index contributed by atoms with van der Waals surface area (Å²) in [5.74, 6) is 0. The molecule has 56 valence electrons. The van der Waals surface area contributed by atoms with Crippen LogP contribution in [0, 0.1) is 0 Å². The Kier molecular flexibility index (Phi) is 3.55. The quantitative estimate of drug-likeness (QED) is 0.583. The van der Waals surface area contributed by atoms with E-state index >= 15 is 0 Å². The molecule has 0 bridgehead atoms. The van der Waals surface area contributed by atoms with Gasteiger partial charge in [-0.1, -0.05) is 0 Å². The second-order valence-electron chi connectivity index (χ2n) is 0.875. The first-order valence-electron chi connectivity index (χ1n) is 0.926. The summed E-state index contributed by atoms with van der Waals surface area (Å²) < 4.78 is 0. The molecular weight excluding hydrogens is 413 g/mol. The van der Waals surface area contributed by atoms with Crippen molar-refractivity contribution < 1.29 is 12.8 Å². The molecule has 0 aliphatic carbocycles.